The second-order valence-electron chi connectivity index (χ2n) is 6.56. The summed E-state index contributed by atoms with van der Waals surface area (Å²) in [6.45, 7) is 2.02. The van der Waals surface area contributed by atoms with Crippen molar-refractivity contribution in [3.8, 4) is 11.5 Å². The lowest BCUT2D eigenvalue weighted by Crippen LogP contribution is -2.44. The average Bonchev–Trinajstić information content (AvgIpc) is 3.48. The Labute approximate surface area is 138 Å². The zero-order valence-corrected chi connectivity index (χ0v) is 13.5. The number of hydrogen-bond donors (Lipinski definition) is 0. The van der Waals surface area contributed by atoms with E-state index in [0.717, 1.165) is 12.8 Å². The monoisotopic (exact) mass is 329 g/mol. The van der Waals surface area contributed by atoms with E-state index in [1.54, 1.807) is 0 Å². The molecule has 0 saturated heterocycles. The molecule has 24 heavy (non-hydrogen) atoms. The summed E-state index contributed by atoms with van der Waals surface area (Å²) in [5.41, 5.74) is 0.407. The Balaban J connectivity index is 1.59. The zero-order chi connectivity index (χ0) is 16.7. The Kier molecular flexibility index (Phi) is 3.66. The lowest BCUT2D eigenvalue weighted by molar-refractivity contribution is -0.135. The van der Waals surface area contributed by atoms with Crippen molar-refractivity contribution in [1.82, 2.24) is 24.6 Å². The van der Waals surface area contributed by atoms with Gasteiger partial charge in [0.25, 0.3) is 0 Å². The maximum atomic E-state index is 12.9. The highest BCUT2D eigenvalue weighted by Crippen LogP contribution is 2.39. The van der Waals surface area contributed by atoms with Crippen LogP contribution in [0.5, 0.6) is 0 Å². The van der Waals surface area contributed by atoms with E-state index in [4.69, 9.17) is 4.52 Å². The largest absolute Gasteiger partial charge is 0.442 e. The molecule has 0 aliphatic heterocycles. The van der Waals surface area contributed by atoms with Crippen molar-refractivity contribution in [2.75, 3.05) is 0 Å². The van der Waals surface area contributed by atoms with Gasteiger partial charge in [-0.25, -0.2) is 14.3 Å². The first-order valence-corrected chi connectivity index (χ1v) is 8.29. The summed E-state index contributed by atoms with van der Waals surface area (Å²) < 4.78 is 5.98. The Morgan fingerprint density at radius 3 is 2.79 bits per heavy atom. The van der Waals surface area contributed by atoms with E-state index in [9.17, 15) is 9.59 Å². The van der Waals surface area contributed by atoms with Crippen LogP contribution in [0.4, 0.5) is 0 Å². The topological polar surface area (TPSA) is 94.1 Å². The molecule has 8 heteroatoms. The SMILES string of the molecule is C[C@@H](C1CC1)N(C(=O)Cn1c(-c2cnccn2)noc1=O)C1CC1. The number of amides is 1. The fourth-order valence-corrected chi connectivity index (χ4v) is 3.15. The normalized spacial score (nSPS) is 18.4. The molecular weight excluding hydrogens is 310 g/mol. The van der Waals surface area contributed by atoms with Crippen LogP contribution < -0.4 is 5.76 Å². The molecule has 0 radical (unpaired) electrons. The molecule has 126 valence electrons. The predicted molar refractivity (Wildman–Crippen MR) is 83.8 cm³/mol. The standard InChI is InChI=1S/C16H19N5O3/c1-10(11-2-3-11)21(12-4-5-12)14(22)9-20-15(19-24-16(20)23)13-8-17-6-7-18-13/h6-8,10-12H,2-5,9H2,1H3/t10-/m0/s1. The predicted octanol–water partition coefficient (Wildman–Crippen LogP) is 1.08. The Hall–Kier alpha value is -2.51. The van der Waals surface area contributed by atoms with Crippen LogP contribution in [0, 0.1) is 5.92 Å². The second-order valence-corrected chi connectivity index (χ2v) is 6.56. The minimum atomic E-state index is -0.654. The number of hydrogen-bond acceptors (Lipinski definition) is 6. The van der Waals surface area contributed by atoms with E-state index >= 15 is 0 Å². The van der Waals surface area contributed by atoms with Crippen molar-refractivity contribution in [3.63, 3.8) is 0 Å². The number of nitrogens with zero attached hydrogens (tertiary/aromatic N) is 5. The molecule has 4 rings (SSSR count). The molecule has 2 saturated carbocycles. The van der Waals surface area contributed by atoms with Crippen LogP contribution in [0.15, 0.2) is 27.9 Å². The van der Waals surface area contributed by atoms with Gasteiger partial charge in [0, 0.05) is 24.5 Å². The fraction of sp³-hybridized carbons (Fsp3) is 0.562. The number of rotatable bonds is 6. The van der Waals surface area contributed by atoms with Gasteiger partial charge in [-0.1, -0.05) is 5.16 Å². The molecule has 2 fully saturated rings. The summed E-state index contributed by atoms with van der Waals surface area (Å²) in [6, 6.07) is 0.532. The molecule has 0 aromatic carbocycles. The van der Waals surface area contributed by atoms with Crippen molar-refractivity contribution < 1.29 is 9.32 Å². The van der Waals surface area contributed by atoms with Crippen molar-refractivity contribution in [2.45, 2.75) is 51.2 Å². The average molecular weight is 329 g/mol. The third-order valence-corrected chi connectivity index (χ3v) is 4.74. The maximum Gasteiger partial charge on any atom is 0.442 e. The smallest absolute Gasteiger partial charge is 0.335 e. The molecule has 8 nitrogen and oxygen atoms in total. The Morgan fingerprint density at radius 1 is 1.38 bits per heavy atom. The van der Waals surface area contributed by atoms with E-state index < -0.39 is 5.76 Å². The molecule has 2 aromatic rings. The van der Waals surface area contributed by atoms with Crippen LogP contribution in [0.2, 0.25) is 0 Å². The molecule has 0 spiro atoms. The Bertz CT molecular complexity index is 792. The van der Waals surface area contributed by atoms with Gasteiger partial charge in [-0.2, -0.15) is 0 Å². The van der Waals surface area contributed by atoms with E-state index in [2.05, 4.69) is 22.0 Å². The van der Waals surface area contributed by atoms with Crippen molar-refractivity contribution in [3.05, 3.63) is 29.1 Å². The second kappa shape index (κ2) is 5.85. The van der Waals surface area contributed by atoms with E-state index in [-0.39, 0.29) is 24.3 Å². The summed E-state index contributed by atoms with van der Waals surface area (Å²) in [6.07, 6.45) is 8.96. The molecule has 0 N–H and O–H groups in total. The molecule has 0 bridgehead atoms. The van der Waals surface area contributed by atoms with E-state index in [0.29, 0.717) is 17.7 Å². The van der Waals surface area contributed by atoms with Crippen LogP contribution >= 0.6 is 0 Å². The first-order valence-electron chi connectivity index (χ1n) is 8.29. The summed E-state index contributed by atoms with van der Waals surface area (Å²) in [4.78, 5) is 34.9. The van der Waals surface area contributed by atoms with Gasteiger partial charge >= 0.3 is 5.76 Å². The van der Waals surface area contributed by atoms with Crippen LogP contribution in [0.3, 0.4) is 0 Å². The molecule has 2 aliphatic rings. The number of carbonyl (C=O) groups is 1. The Morgan fingerprint density at radius 2 is 2.17 bits per heavy atom. The molecule has 1 atom stereocenters. The highest BCUT2D eigenvalue weighted by molar-refractivity contribution is 5.77. The van der Waals surface area contributed by atoms with Gasteiger partial charge in [0.15, 0.2) is 0 Å². The summed E-state index contributed by atoms with van der Waals surface area (Å²) in [5.74, 6) is 0.107. The summed E-state index contributed by atoms with van der Waals surface area (Å²) in [7, 11) is 0. The van der Waals surface area contributed by atoms with Gasteiger partial charge in [-0.15, -0.1) is 0 Å². The lowest BCUT2D eigenvalue weighted by Gasteiger charge is -2.29. The quantitative estimate of drug-likeness (QED) is 0.787. The first kappa shape index (κ1) is 15.0. The van der Waals surface area contributed by atoms with Gasteiger partial charge in [-0.3, -0.25) is 14.3 Å². The van der Waals surface area contributed by atoms with Gasteiger partial charge in [-0.05, 0) is 38.5 Å². The number of aromatic nitrogens is 4. The molecule has 0 unspecified atom stereocenters. The van der Waals surface area contributed by atoms with Gasteiger partial charge in [0.2, 0.25) is 11.7 Å². The van der Waals surface area contributed by atoms with Crippen molar-refractivity contribution in [2.24, 2.45) is 5.92 Å². The van der Waals surface area contributed by atoms with Gasteiger partial charge in [0.1, 0.15) is 12.2 Å². The first-order chi connectivity index (χ1) is 11.6. The number of carbonyl (C=O) groups excluding carboxylic acids is 1. The minimum absolute atomic E-state index is 0.0626. The van der Waals surface area contributed by atoms with Gasteiger partial charge < -0.3 is 4.90 Å². The summed E-state index contributed by atoms with van der Waals surface area (Å²) in [5, 5.41) is 3.75. The lowest BCUT2D eigenvalue weighted by atomic mass is 10.1. The zero-order valence-electron chi connectivity index (χ0n) is 13.5. The van der Waals surface area contributed by atoms with Crippen LogP contribution in [0.1, 0.15) is 32.6 Å². The van der Waals surface area contributed by atoms with Crippen LogP contribution in [0.25, 0.3) is 11.5 Å². The molecule has 1 amide bonds. The third kappa shape index (κ3) is 2.83. The highest BCUT2D eigenvalue weighted by atomic mass is 16.5. The summed E-state index contributed by atoms with van der Waals surface area (Å²) >= 11 is 0. The van der Waals surface area contributed by atoms with E-state index in [1.807, 2.05) is 4.90 Å². The maximum absolute atomic E-state index is 12.9. The minimum Gasteiger partial charge on any atom is -0.335 e. The third-order valence-electron chi connectivity index (χ3n) is 4.74. The molecular formula is C16H19N5O3. The highest BCUT2D eigenvalue weighted by Gasteiger charge is 2.41. The van der Waals surface area contributed by atoms with Crippen molar-refractivity contribution in [1.29, 1.82) is 0 Å². The van der Waals surface area contributed by atoms with Crippen molar-refractivity contribution >= 4 is 5.91 Å². The molecule has 2 heterocycles. The molecule has 2 aliphatic carbocycles. The van der Waals surface area contributed by atoms with Crippen LogP contribution in [-0.2, 0) is 11.3 Å². The molecule has 2 aromatic heterocycles. The van der Waals surface area contributed by atoms with E-state index in [1.165, 1.54) is 36.0 Å². The van der Waals surface area contributed by atoms with Crippen LogP contribution in [-0.4, -0.2) is 42.6 Å². The van der Waals surface area contributed by atoms with Gasteiger partial charge in [0.05, 0.1) is 6.20 Å². The fourth-order valence-electron chi connectivity index (χ4n) is 3.15.